The third-order valence-electron chi connectivity index (χ3n) is 4.63. The Labute approximate surface area is 185 Å². The molecule has 1 amide bonds. The molecule has 3 aromatic rings. The number of aryl methyl sites for hydroxylation is 1. The highest BCUT2D eigenvalue weighted by atomic mass is 35.5. The zero-order chi connectivity index (χ0) is 20.9. The molecule has 0 radical (unpaired) electrons. The van der Waals surface area contributed by atoms with E-state index in [9.17, 15) is 4.79 Å². The highest BCUT2D eigenvalue weighted by Crippen LogP contribution is 2.31. The van der Waals surface area contributed by atoms with Crippen LogP contribution in [0.4, 0.5) is 5.69 Å². The fraction of sp³-hybridized carbons (Fsp3) is 0.125. The average Bonchev–Trinajstić information content (AvgIpc) is 3.09. The molecule has 0 bridgehead atoms. The molecule has 1 heterocycles. The average molecular weight is 437 g/mol. The first-order valence-electron chi connectivity index (χ1n) is 9.55. The summed E-state index contributed by atoms with van der Waals surface area (Å²) in [5.74, 6) is 0.704. The van der Waals surface area contributed by atoms with Crippen LogP contribution < -0.4 is 15.4 Å². The van der Waals surface area contributed by atoms with Gasteiger partial charge in [0.15, 0.2) is 5.50 Å². The minimum absolute atomic E-state index is 0.0893. The van der Waals surface area contributed by atoms with E-state index in [1.807, 2.05) is 85.8 Å². The van der Waals surface area contributed by atoms with Crippen LogP contribution in [0.15, 0.2) is 77.7 Å². The number of hydrogen-bond acceptors (Lipinski definition) is 4. The van der Waals surface area contributed by atoms with Crippen LogP contribution in [0.3, 0.4) is 0 Å². The lowest BCUT2D eigenvalue weighted by atomic mass is 10.2. The summed E-state index contributed by atoms with van der Waals surface area (Å²) in [4.78, 5) is 13.0. The topological polar surface area (TPSA) is 50.4 Å². The SMILES string of the molecule is Cc1cc(Cl)ccc1NC1NC(=O)/C(=C/c2ccc(OCc3ccccc3)cc2)S1. The van der Waals surface area contributed by atoms with Crippen LogP contribution in [0.1, 0.15) is 16.7 Å². The Balaban J connectivity index is 1.37. The van der Waals surface area contributed by atoms with Crippen LogP contribution in [-0.2, 0) is 11.4 Å². The van der Waals surface area contributed by atoms with E-state index in [1.165, 1.54) is 11.8 Å². The minimum atomic E-state index is -0.225. The highest BCUT2D eigenvalue weighted by molar-refractivity contribution is 8.05. The van der Waals surface area contributed by atoms with Gasteiger partial charge in [-0.2, -0.15) is 0 Å². The number of anilines is 1. The van der Waals surface area contributed by atoms with Crippen LogP contribution >= 0.6 is 23.4 Å². The quantitative estimate of drug-likeness (QED) is 0.477. The number of ether oxygens (including phenoxy) is 1. The Morgan fingerprint density at radius 2 is 1.87 bits per heavy atom. The molecule has 1 atom stereocenters. The summed E-state index contributed by atoms with van der Waals surface area (Å²) >= 11 is 7.47. The van der Waals surface area contributed by atoms with E-state index in [-0.39, 0.29) is 11.4 Å². The second-order valence-electron chi connectivity index (χ2n) is 6.93. The van der Waals surface area contributed by atoms with Crippen molar-refractivity contribution in [3.05, 3.63) is 99.4 Å². The molecule has 0 aromatic heterocycles. The molecule has 1 fully saturated rings. The van der Waals surface area contributed by atoms with E-state index in [4.69, 9.17) is 16.3 Å². The zero-order valence-corrected chi connectivity index (χ0v) is 18.0. The largest absolute Gasteiger partial charge is 0.489 e. The summed E-state index contributed by atoms with van der Waals surface area (Å²) in [5, 5.41) is 6.98. The third kappa shape index (κ3) is 5.17. The van der Waals surface area contributed by atoms with Gasteiger partial charge in [0.1, 0.15) is 12.4 Å². The molecule has 30 heavy (non-hydrogen) atoms. The van der Waals surface area contributed by atoms with Crippen LogP contribution in [0, 0.1) is 6.92 Å². The van der Waals surface area contributed by atoms with Gasteiger partial charge < -0.3 is 15.4 Å². The summed E-state index contributed by atoms with van der Waals surface area (Å²) in [6, 6.07) is 23.4. The van der Waals surface area contributed by atoms with Crippen LogP contribution in [0.2, 0.25) is 5.02 Å². The van der Waals surface area contributed by atoms with Gasteiger partial charge in [-0.15, -0.1) is 0 Å². The molecule has 3 aromatic carbocycles. The van der Waals surface area contributed by atoms with Gasteiger partial charge in [-0.3, -0.25) is 4.79 Å². The Bertz CT molecular complexity index is 1070. The maximum Gasteiger partial charge on any atom is 0.260 e. The molecule has 4 rings (SSSR count). The van der Waals surface area contributed by atoms with Crippen molar-refractivity contribution in [2.75, 3.05) is 5.32 Å². The fourth-order valence-corrected chi connectivity index (χ4v) is 4.25. The second kappa shape index (κ2) is 9.28. The monoisotopic (exact) mass is 436 g/mol. The van der Waals surface area contributed by atoms with Gasteiger partial charge in [-0.05, 0) is 60.0 Å². The Hall–Kier alpha value is -2.89. The van der Waals surface area contributed by atoms with Gasteiger partial charge >= 0.3 is 0 Å². The third-order valence-corrected chi connectivity index (χ3v) is 5.90. The number of rotatable bonds is 6. The van der Waals surface area contributed by atoms with Gasteiger partial charge in [-0.1, -0.05) is 65.8 Å². The minimum Gasteiger partial charge on any atom is -0.489 e. The number of carbonyl (C=O) groups excluding carboxylic acids is 1. The van der Waals surface area contributed by atoms with Gasteiger partial charge in [0.2, 0.25) is 0 Å². The van der Waals surface area contributed by atoms with Gasteiger partial charge in [0.25, 0.3) is 5.91 Å². The number of thioether (sulfide) groups is 1. The molecular formula is C24H21ClN2O2S. The van der Waals surface area contributed by atoms with Crippen molar-refractivity contribution in [2.24, 2.45) is 0 Å². The van der Waals surface area contributed by atoms with Crippen molar-refractivity contribution in [3.8, 4) is 5.75 Å². The summed E-state index contributed by atoms with van der Waals surface area (Å²) in [6.45, 7) is 2.50. The van der Waals surface area contributed by atoms with E-state index in [2.05, 4.69) is 10.6 Å². The molecule has 0 spiro atoms. The first-order chi connectivity index (χ1) is 14.6. The molecule has 1 aliphatic heterocycles. The van der Waals surface area contributed by atoms with E-state index in [0.29, 0.717) is 16.5 Å². The Morgan fingerprint density at radius 3 is 2.60 bits per heavy atom. The first-order valence-corrected chi connectivity index (χ1v) is 10.8. The molecule has 1 unspecified atom stereocenters. The van der Waals surface area contributed by atoms with Crippen molar-refractivity contribution in [3.63, 3.8) is 0 Å². The zero-order valence-electron chi connectivity index (χ0n) is 16.4. The molecule has 1 saturated heterocycles. The number of hydrogen-bond donors (Lipinski definition) is 2. The van der Waals surface area contributed by atoms with Crippen molar-refractivity contribution in [2.45, 2.75) is 19.0 Å². The predicted molar refractivity (Wildman–Crippen MR) is 125 cm³/mol. The van der Waals surface area contributed by atoms with E-state index < -0.39 is 0 Å². The lowest BCUT2D eigenvalue weighted by Crippen LogP contribution is -2.31. The van der Waals surface area contributed by atoms with Gasteiger partial charge in [-0.25, -0.2) is 0 Å². The Kier molecular flexibility index (Phi) is 6.31. The summed E-state index contributed by atoms with van der Waals surface area (Å²) in [6.07, 6.45) is 1.89. The van der Waals surface area contributed by atoms with Gasteiger partial charge in [0.05, 0.1) is 4.91 Å². The number of carbonyl (C=O) groups is 1. The first kappa shape index (κ1) is 20.4. The summed E-state index contributed by atoms with van der Waals surface area (Å²) in [5.41, 5.74) is 3.82. The van der Waals surface area contributed by atoms with E-state index in [0.717, 1.165) is 28.1 Å². The molecule has 152 valence electrons. The molecule has 4 nitrogen and oxygen atoms in total. The van der Waals surface area contributed by atoms with Crippen LogP contribution in [0.25, 0.3) is 6.08 Å². The summed E-state index contributed by atoms with van der Waals surface area (Å²) in [7, 11) is 0. The highest BCUT2D eigenvalue weighted by Gasteiger charge is 2.27. The van der Waals surface area contributed by atoms with Crippen molar-refractivity contribution in [1.29, 1.82) is 0 Å². The standard InChI is InChI=1S/C24H21ClN2O2S/c1-16-13-19(25)9-12-21(16)26-24-27-23(28)22(30-24)14-17-7-10-20(11-8-17)29-15-18-5-3-2-4-6-18/h2-14,24,26H,15H2,1H3,(H,27,28)/b22-14-. The van der Waals surface area contributed by atoms with E-state index >= 15 is 0 Å². The van der Waals surface area contributed by atoms with Crippen molar-refractivity contribution in [1.82, 2.24) is 5.32 Å². The van der Waals surface area contributed by atoms with Crippen molar-refractivity contribution >= 4 is 41.0 Å². The Morgan fingerprint density at radius 1 is 1.10 bits per heavy atom. The van der Waals surface area contributed by atoms with Crippen LogP contribution in [-0.4, -0.2) is 11.4 Å². The lowest BCUT2D eigenvalue weighted by Gasteiger charge is -2.15. The second-order valence-corrected chi connectivity index (χ2v) is 8.51. The van der Waals surface area contributed by atoms with E-state index in [1.54, 1.807) is 0 Å². The normalized spacial score (nSPS) is 17.1. The molecule has 6 heteroatoms. The molecule has 0 aliphatic carbocycles. The van der Waals surface area contributed by atoms with Crippen LogP contribution in [0.5, 0.6) is 5.75 Å². The maximum atomic E-state index is 12.4. The lowest BCUT2D eigenvalue weighted by molar-refractivity contribution is -0.116. The maximum absolute atomic E-state index is 12.4. The summed E-state index contributed by atoms with van der Waals surface area (Å²) < 4.78 is 5.82. The smallest absolute Gasteiger partial charge is 0.260 e. The number of benzene rings is 3. The van der Waals surface area contributed by atoms with Gasteiger partial charge in [0, 0.05) is 10.7 Å². The molecule has 1 aliphatic rings. The number of amides is 1. The molecular weight excluding hydrogens is 416 g/mol. The van der Waals surface area contributed by atoms with Crippen molar-refractivity contribution < 1.29 is 9.53 Å². The fourth-order valence-electron chi connectivity index (χ4n) is 3.05. The number of halogens is 1. The molecule has 2 N–H and O–H groups in total. The number of nitrogens with one attached hydrogen (secondary N) is 2. The molecule has 0 saturated carbocycles. The predicted octanol–water partition coefficient (Wildman–Crippen LogP) is 5.83.